The lowest BCUT2D eigenvalue weighted by Crippen LogP contribution is -2.35. The number of benzene rings is 1. The smallest absolute Gasteiger partial charge is 0.266 e. The maximum atomic E-state index is 12.8. The number of thioether (sulfide) groups is 1. The molecule has 0 unspecified atom stereocenters. The molecule has 0 atom stereocenters. The third kappa shape index (κ3) is 3.38. The Labute approximate surface area is 145 Å². The lowest BCUT2D eigenvalue weighted by atomic mass is 10.00. The van der Waals surface area contributed by atoms with Gasteiger partial charge in [0.2, 0.25) is 0 Å². The molecule has 1 aromatic heterocycles. The second kappa shape index (κ2) is 6.93. The molecule has 0 bridgehead atoms. The predicted octanol–water partition coefficient (Wildman–Crippen LogP) is 3.80. The van der Waals surface area contributed by atoms with Crippen LogP contribution >= 0.6 is 23.1 Å². The molecule has 6 heteroatoms. The number of carbonyl (C=O) groups excluding carboxylic acids is 1. The summed E-state index contributed by atoms with van der Waals surface area (Å²) in [4.78, 5) is 21.3. The minimum absolute atomic E-state index is 0.101. The number of aryl methyl sites for hydroxylation is 1. The van der Waals surface area contributed by atoms with Gasteiger partial charge in [0.25, 0.3) is 5.91 Å². The van der Waals surface area contributed by atoms with Crippen LogP contribution in [0, 0.1) is 6.92 Å². The zero-order valence-corrected chi connectivity index (χ0v) is 15.3. The maximum Gasteiger partial charge on any atom is 0.266 e. The molecular weight excluding hydrogens is 326 g/mol. The van der Waals surface area contributed by atoms with Crippen molar-refractivity contribution in [2.45, 2.75) is 31.7 Å². The SMILES string of the molecule is CCNc1nc(C)c(C(=O)N2CCc3cc(SC)ccc3C2)s1. The lowest BCUT2D eigenvalue weighted by molar-refractivity contribution is 0.0738. The van der Waals surface area contributed by atoms with Gasteiger partial charge in [-0.2, -0.15) is 0 Å². The molecular formula is C17H21N3OS2. The summed E-state index contributed by atoms with van der Waals surface area (Å²) in [6.45, 7) is 6.22. The molecule has 0 fully saturated rings. The van der Waals surface area contributed by atoms with E-state index in [9.17, 15) is 4.79 Å². The number of nitrogens with one attached hydrogen (secondary N) is 1. The number of hydrogen-bond acceptors (Lipinski definition) is 5. The Morgan fingerprint density at radius 3 is 3.00 bits per heavy atom. The molecule has 1 N–H and O–H groups in total. The van der Waals surface area contributed by atoms with Gasteiger partial charge >= 0.3 is 0 Å². The van der Waals surface area contributed by atoms with E-state index in [1.807, 2.05) is 18.7 Å². The topological polar surface area (TPSA) is 45.2 Å². The fourth-order valence-corrected chi connectivity index (χ4v) is 4.26. The van der Waals surface area contributed by atoms with Gasteiger partial charge in [-0.05, 0) is 49.8 Å². The molecule has 23 heavy (non-hydrogen) atoms. The van der Waals surface area contributed by atoms with Gasteiger partial charge in [-0.1, -0.05) is 17.4 Å². The van der Waals surface area contributed by atoms with Crippen molar-refractivity contribution in [3.63, 3.8) is 0 Å². The highest BCUT2D eigenvalue weighted by atomic mass is 32.2. The molecule has 0 radical (unpaired) electrons. The fourth-order valence-electron chi connectivity index (χ4n) is 2.79. The van der Waals surface area contributed by atoms with Crippen molar-refractivity contribution in [2.75, 3.05) is 24.7 Å². The molecule has 4 nitrogen and oxygen atoms in total. The molecule has 0 saturated heterocycles. The fraction of sp³-hybridized carbons (Fsp3) is 0.412. The summed E-state index contributed by atoms with van der Waals surface area (Å²) >= 11 is 3.22. The largest absolute Gasteiger partial charge is 0.362 e. The van der Waals surface area contributed by atoms with Gasteiger partial charge in [-0.3, -0.25) is 4.79 Å². The van der Waals surface area contributed by atoms with Crippen LogP contribution in [0.25, 0.3) is 0 Å². The van der Waals surface area contributed by atoms with E-state index in [1.165, 1.54) is 27.4 Å². The van der Waals surface area contributed by atoms with Gasteiger partial charge < -0.3 is 10.2 Å². The van der Waals surface area contributed by atoms with Crippen molar-refractivity contribution < 1.29 is 4.79 Å². The van der Waals surface area contributed by atoms with Crippen molar-refractivity contribution in [1.82, 2.24) is 9.88 Å². The number of hydrogen-bond donors (Lipinski definition) is 1. The Morgan fingerprint density at radius 1 is 1.43 bits per heavy atom. The van der Waals surface area contributed by atoms with Gasteiger partial charge in [-0.15, -0.1) is 11.8 Å². The van der Waals surface area contributed by atoms with E-state index in [0.717, 1.165) is 35.2 Å². The van der Waals surface area contributed by atoms with Crippen molar-refractivity contribution in [3.8, 4) is 0 Å². The molecule has 0 spiro atoms. The summed E-state index contributed by atoms with van der Waals surface area (Å²) in [5, 5.41) is 4.02. The van der Waals surface area contributed by atoms with Gasteiger partial charge in [0.15, 0.2) is 5.13 Å². The van der Waals surface area contributed by atoms with E-state index in [2.05, 4.69) is 34.8 Å². The van der Waals surface area contributed by atoms with Crippen LogP contribution < -0.4 is 5.32 Å². The summed E-state index contributed by atoms with van der Waals surface area (Å²) in [7, 11) is 0. The Kier molecular flexibility index (Phi) is 4.92. The first-order valence-corrected chi connectivity index (χ1v) is 9.83. The van der Waals surface area contributed by atoms with Crippen LogP contribution in [0.1, 0.15) is 33.4 Å². The van der Waals surface area contributed by atoms with E-state index in [0.29, 0.717) is 6.54 Å². The summed E-state index contributed by atoms with van der Waals surface area (Å²) in [5.74, 6) is 0.101. The second-order valence-electron chi connectivity index (χ2n) is 5.58. The van der Waals surface area contributed by atoms with Gasteiger partial charge in [0.05, 0.1) is 5.69 Å². The quantitative estimate of drug-likeness (QED) is 0.855. The standard InChI is InChI=1S/C17H21N3OS2/c1-4-18-17-19-11(2)15(23-17)16(21)20-8-7-12-9-14(22-3)6-5-13(12)10-20/h5-6,9H,4,7-8,10H2,1-3H3,(H,18,19). The molecule has 2 heterocycles. The van der Waals surface area contributed by atoms with Crippen LogP contribution in [-0.4, -0.2) is 35.1 Å². The molecule has 0 saturated carbocycles. The highest BCUT2D eigenvalue weighted by molar-refractivity contribution is 7.98. The van der Waals surface area contributed by atoms with Gasteiger partial charge in [0, 0.05) is 24.5 Å². The number of thiazole rings is 1. The van der Waals surface area contributed by atoms with Crippen LogP contribution in [0.3, 0.4) is 0 Å². The van der Waals surface area contributed by atoms with E-state index in [1.54, 1.807) is 11.8 Å². The maximum absolute atomic E-state index is 12.8. The summed E-state index contributed by atoms with van der Waals surface area (Å²) in [6.07, 6.45) is 3.02. The highest BCUT2D eigenvalue weighted by Crippen LogP contribution is 2.28. The highest BCUT2D eigenvalue weighted by Gasteiger charge is 2.25. The first-order valence-electron chi connectivity index (χ1n) is 7.78. The Bertz CT molecular complexity index is 727. The number of anilines is 1. The van der Waals surface area contributed by atoms with E-state index >= 15 is 0 Å². The first-order chi connectivity index (χ1) is 11.1. The molecule has 2 aromatic rings. The summed E-state index contributed by atoms with van der Waals surface area (Å²) < 4.78 is 0. The van der Waals surface area contributed by atoms with Crippen LogP contribution in [-0.2, 0) is 13.0 Å². The minimum atomic E-state index is 0.101. The van der Waals surface area contributed by atoms with E-state index < -0.39 is 0 Å². The molecule has 3 rings (SSSR count). The van der Waals surface area contributed by atoms with Crippen LogP contribution in [0.4, 0.5) is 5.13 Å². The number of rotatable bonds is 4. The van der Waals surface area contributed by atoms with Crippen molar-refractivity contribution in [3.05, 3.63) is 39.9 Å². The third-order valence-corrected chi connectivity index (χ3v) is 5.86. The minimum Gasteiger partial charge on any atom is -0.362 e. The molecule has 1 aliphatic heterocycles. The number of carbonyl (C=O) groups is 1. The number of nitrogens with zero attached hydrogens (tertiary/aromatic N) is 2. The molecule has 1 aromatic carbocycles. The predicted molar refractivity (Wildman–Crippen MR) is 97.7 cm³/mol. The van der Waals surface area contributed by atoms with Crippen molar-refractivity contribution in [2.24, 2.45) is 0 Å². The van der Waals surface area contributed by atoms with E-state index in [4.69, 9.17) is 0 Å². The molecule has 1 amide bonds. The van der Waals surface area contributed by atoms with Crippen LogP contribution in [0.2, 0.25) is 0 Å². The average Bonchev–Trinajstić information content (AvgIpc) is 2.94. The number of fused-ring (bicyclic) bond motifs is 1. The molecule has 1 aliphatic rings. The zero-order valence-electron chi connectivity index (χ0n) is 13.7. The summed E-state index contributed by atoms with van der Waals surface area (Å²) in [6, 6.07) is 6.55. The number of amides is 1. The van der Waals surface area contributed by atoms with Crippen molar-refractivity contribution >= 4 is 34.1 Å². The van der Waals surface area contributed by atoms with Crippen LogP contribution in [0.15, 0.2) is 23.1 Å². The number of aromatic nitrogens is 1. The summed E-state index contributed by atoms with van der Waals surface area (Å²) in [5.41, 5.74) is 3.45. The van der Waals surface area contributed by atoms with Crippen molar-refractivity contribution in [1.29, 1.82) is 0 Å². The Morgan fingerprint density at radius 2 is 2.26 bits per heavy atom. The average molecular weight is 348 g/mol. The Balaban J connectivity index is 1.79. The van der Waals surface area contributed by atoms with Gasteiger partial charge in [0.1, 0.15) is 4.88 Å². The molecule has 122 valence electrons. The normalized spacial score (nSPS) is 13.8. The van der Waals surface area contributed by atoms with E-state index in [-0.39, 0.29) is 5.91 Å². The van der Waals surface area contributed by atoms with Crippen LogP contribution in [0.5, 0.6) is 0 Å². The lowest BCUT2D eigenvalue weighted by Gasteiger charge is -2.29. The Hall–Kier alpha value is -1.53. The van der Waals surface area contributed by atoms with Gasteiger partial charge in [-0.25, -0.2) is 4.98 Å². The second-order valence-corrected chi connectivity index (χ2v) is 7.45. The monoisotopic (exact) mass is 347 g/mol. The zero-order chi connectivity index (χ0) is 16.4. The first kappa shape index (κ1) is 16.3. The third-order valence-electron chi connectivity index (χ3n) is 4.03. The molecule has 0 aliphatic carbocycles.